The zero-order valence-corrected chi connectivity index (χ0v) is 7.87. The first-order chi connectivity index (χ1) is 6.29. The highest BCUT2D eigenvalue weighted by molar-refractivity contribution is 7.87. The Balaban J connectivity index is 2.34. The van der Waals surface area contributed by atoms with Crippen LogP contribution < -0.4 is 14.8 Å². The van der Waals surface area contributed by atoms with E-state index in [-0.39, 0.29) is 6.04 Å². The van der Waals surface area contributed by atoms with Gasteiger partial charge in [-0.2, -0.15) is 31.0 Å². The van der Waals surface area contributed by atoms with Crippen molar-refractivity contribution in [2.24, 2.45) is 0 Å². The number of hydrogen-bond acceptors (Lipinski definition) is 3. The van der Waals surface area contributed by atoms with Gasteiger partial charge in [0.1, 0.15) is 6.54 Å². The van der Waals surface area contributed by atoms with Crippen molar-refractivity contribution in [3.63, 3.8) is 0 Å². The molecule has 9 heteroatoms. The smallest absolute Gasteiger partial charge is 0.313 e. The molecule has 1 fully saturated rings. The Morgan fingerprint density at radius 1 is 1.36 bits per heavy atom. The summed E-state index contributed by atoms with van der Waals surface area (Å²) in [6.45, 7) is -0.678. The van der Waals surface area contributed by atoms with Gasteiger partial charge in [0.25, 0.3) is 10.2 Å². The number of nitrogens with one attached hydrogen (secondary N) is 3. The lowest BCUT2D eigenvalue weighted by Gasteiger charge is -2.27. The highest BCUT2D eigenvalue weighted by Crippen LogP contribution is 2.12. The summed E-state index contributed by atoms with van der Waals surface area (Å²) in [5, 5.41) is 2.78. The second-order valence-corrected chi connectivity index (χ2v) is 4.44. The minimum Gasteiger partial charge on any atom is -0.313 e. The molecule has 0 spiro atoms. The van der Waals surface area contributed by atoms with Crippen molar-refractivity contribution in [2.75, 3.05) is 19.6 Å². The Morgan fingerprint density at radius 3 is 2.29 bits per heavy atom. The standard InChI is InChI=1S/C5H10F3N3O2S/c6-5(7,8)3-10-14(12,13)11-4-1-9-2-4/h4,9-11H,1-3H2. The molecule has 0 aromatic heterocycles. The molecule has 1 aliphatic heterocycles. The molecule has 0 unspecified atom stereocenters. The summed E-state index contributed by atoms with van der Waals surface area (Å²) in [6.07, 6.45) is -4.54. The summed E-state index contributed by atoms with van der Waals surface area (Å²) in [5.74, 6) is 0. The van der Waals surface area contributed by atoms with Crippen molar-refractivity contribution in [3.8, 4) is 0 Å². The molecule has 84 valence electrons. The maximum Gasteiger partial charge on any atom is 0.402 e. The molecule has 1 saturated heterocycles. The first-order valence-electron chi connectivity index (χ1n) is 3.83. The molecular formula is C5H10F3N3O2S. The Morgan fingerprint density at radius 2 is 1.93 bits per heavy atom. The fourth-order valence-electron chi connectivity index (χ4n) is 0.810. The van der Waals surface area contributed by atoms with Gasteiger partial charge in [-0.3, -0.25) is 0 Å². The van der Waals surface area contributed by atoms with Crippen molar-refractivity contribution in [3.05, 3.63) is 0 Å². The van der Waals surface area contributed by atoms with E-state index in [4.69, 9.17) is 0 Å². The Hall–Kier alpha value is -0.380. The number of halogens is 3. The second-order valence-electron chi connectivity index (χ2n) is 2.91. The largest absolute Gasteiger partial charge is 0.402 e. The van der Waals surface area contributed by atoms with Gasteiger partial charge in [0.15, 0.2) is 0 Å². The SMILES string of the molecule is O=S(=O)(NCC(F)(F)F)NC1CNC1. The molecule has 14 heavy (non-hydrogen) atoms. The molecule has 1 heterocycles. The molecule has 3 N–H and O–H groups in total. The van der Waals surface area contributed by atoms with E-state index in [1.807, 2.05) is 0 Å². The van der Waals surface area contributed by atoms with Crippen LogP contribution >= 0.6 is 0 Å². The third kappa shape index (κ3) is 4.22. The number of rotatable bonds is 4. The van der Waals surface area contributed by atoms with Gasteiger partial charge in [-0.1, -0.05) is 0 Å². The van der Waals surface area contributed by atoms with E-state index < -0.39 is 22.9 Å². The van der Waals surface area contributed by atoms with Crippen molar-refractivity contribution in [1.82, 2.24) is 14.8 Å². The van der Waals surface area contributed by atoms with Gasteiger partial charge >= 0.3 is 6.18 Å². The van der Waals surface area contributed by atoms with Gasteiger partial charge in [0, 0.05) is 19.1 Å². The summed E-state index contributed by atoms with van der Waals surface area (Å²) in [6, 6.07) is -0.319. The summed E-state index contributed by atoms with van der Waals surface area (Å²) >= 11 is 0. The van der Waals surface area contributed by atoms with E-state index in [2.05, 4.69) is 10.0 Å². The minimum absolute atomic E-state index is 0.319. The molecule has 0 aliphatic carbocycles. The van der Waals surface area contributed by atoms with Gasteiger partial charge in [0.2, 0.25) is 0 Å². The monoisotopic (exact) mass is 233 g/mol. The molecule has 0 saturated carbocycles. The minimum atomic E-state index is -4.54. The molecule has 5 nitrogen and oxygen atoms in total. The summed E-state index contributed by atoms with van der Waals surface area (Å²) in [7, 11) is -4.03. The third-order valence-electron chi connectivity index (χ3n) is 1.57. The van der Waals surface area contributed by atoms with Crippen LogP contribution in [0.5, 0.6) is 0 Å². The van der Waals surface area contributed by atoms with Crippen molar-refractivity contribution in [1.29, 1.82) is 0 Å². The Kier molecular flexibility index (Phi) is 3.35. The molecule has 0 amide bonds. The Bertz CT molecular complexity index is 285. The van der Waals surface area contributed by atoms with Crippen LogP contribution in [-0.2, 0) is 10.2 Å². The molecule has 1 rings (SSSR count). The normalized spacial score (nSPS) is 19.4. The fourth-order valence-corrected chi connectivity index (χ4v) is 1.85. The van der Waals surface area contributed by atoms with Crippen LogP contribution in [0.25, 0.3) is 0 Å². The van der Waals surface area contributed by atoms with Crippen molar-refractivity contribution >= 4 is 10.2 Å². The van der Waals surface area contributed by atoms with E-state index in [0.717, 1.165) is 0 Å². The summed E-state index contributed by atoms with van der Waals surface area (Å²) < 4.78 is 60.3. The maximum absolute atomic E-state index is 11.7. The van der Waals surface area contributed by atoms with E-state index in [0.29, 0.717) is 13.1 Å². The first kappa shape index (κ1) is 11.7. The lowest BCUT2D eigenvalue weighted by molar-refractivity contribution is -0.121. The van der Waals surface area contributed by atoms with E-state index in [9.17, 15) is 21.6 Å². The quantitative estimate of drug-likeness (QED) is 0.580. The van der Waals surface area contributed by atoms with Crippen LogP contribution in [-0.4, -0.2) is 40.3 Å². The van der Waals surface area contributed by atoms with E-state index in [1.165, 1.54) is 4.72 Å². The molecule has 0 aromatic carbocycles. The topological polar surface area (TPSA) is 70.2 Å². The van der Waals surface area contributed by atoms with Crippen LogP contribution in [0.15, 0.2) is 0 Å². The van der Waals surface area contributed by atoms with Gasteiger partial charge in [0.05, 0.1) is 0 Å². The van der Waals surface area contributed by atoms with Crippen LogP contribution in [0.1, 0.15) is 0 Å². The highest BCUT2D eigenvalue weighted by Gasteiger charge is 2.30. The second kappa shape index (κ2) is 4.01. The van der Waals surface area contributed by atoms with Gasteiger partial charge in [-0.15, -0.1) is 0 Å². The first-order valence-corrected chi connectivity index (χ1v) is 5.31. The Labute approximate surface area is 79.2 Å². The molecule has 0 bridgehead atoms. The van der Waals surface area contributed by atoms with E-state index >= 15 is 0 Å². The fraction of sp³-hybridized carbons (Fsp3) is 1.00. The zero-order chi connectivity index (χ0) is 10.8. The van der Waals surface area contributed by atoms with Crippen molar-refractivity contribution < 1.29 is 21.6 Å². The molecular weight excluding hydrogens is 223 g/mol. The summed E-state index contributed by atoms with van der Waals surface area (Å²) in [5.41, 5.74) is 0. The zero-order valence-electron chi connectivity index (χ0n) is 7.06. The lowest BCUT2D eigenvalue weighted by atomic mass is 10.2. The van der Waals surface area contributed by atoms with Crippen LogP contribution in [0.4, 0.5) is 13.2 Å². The summed E-state index contributed by atoms with van der Waals surface area (Å²) in [4.78, 5) is 0. The lowest BCUT2D eigenvalue weighted by Crippen LogP contribution is -2.59. The predicted molar refractivity (Wildman–Crippen MR) is 42.8 cm³/mol. The molecule has 0 aromatic rings. The third-order valence-corrected chi connectivity index (χ3v) is 2.73. The van der Waals surface area contributed by atoms with Crippen LogP contribution in [0.3, 0.4) is 0 Å². The number of hydrogen-bond donors (Lipinski definition) is 3. The molecule has 0 radical (unpaired) electrons. The van der Waals surface area contributed by atoms with Crippen LogP contribution in [0, 0.1) is 0 Å². The predicted octanol–water partition coefficient (Wildman–Crippen LogP) is -1.06. The van der Waals surface area contributed by atoms with E-state index in [1.54, 1.807) is 0 Å². The van der Waals surface area contributed by atoms with Gasteiger partial charge in [-0.25, -0.2) is 0 Å². The van der Waals surface area contributed by atoms with Gasteiger partial charge in [-0.05, 0) is 0 Å². The average Bonchev–Trinajstić information content (AvgIpc) is 1.93. The molecule has 0 atom stereocenters. The van der Waals surface area contributed by atoms with Crippen LogP contribution in [0.2, 0.25) is 0 Å². The average molecular weight is 233 g/mol. The molecule has 1 aliphatic rings. The number of alkyl halides is 3. The maximum atomic E-state index is 11.7. The highest BCUT2D eigenvalue weighted by atomic mass is 32.2. The van der Waals surface area contributed by atoms with Crippen molar-refractivity contribution in [2.45, 2.75) is 12.2 Å². The van der Waals surface area contributed by atoms with Gasteiger partial charge < -0.3 is 5.32 Å².